The van der Waals surface area contributed by atoms with Gasteiger partial charge in [-0.3, -0.25) is 9.59 Å². The average Bonchev–Trinajstić information content (AvgIpc) is 3.33. The Kier molecular flexibility index (Phi) is 4.68. The fourth-order valence-corrected chi connectivity index (χ4v) is 4.59. The summed E-state index contributed by atoms with van der Waals surface area (Å²) in [5.74, 6) is -0.133. The van der Waals surface area contributed by atoms with E-state index in [1.54, 1.807) is 17.0 Å². The summed E-state index contributed by atoms with van der Waals surface area (Å²) in [4.78, 5) is 28.7. The maximum Gasteiger partial charge on any atom is 0.291 e. The molecular formula is C24H22ClNO4. The van der Waals surface area contributed by atoms with Crippen LogP contribution in [0.4, 0.5) is 0 Å². The highest BCUT2D eigenvalue weighted by molar-refractivity contribution is 6.30. The van der Waals surface area contributed by atoms with Gasteiger partial charge in [-0.2, -0.15) is 0 Å². The molecule has 5 rings (SSSR count). The number of amides is 1. The van der Waals surface area contributed by atoms with Crippen molar-refractivity contribution in [2.75, 3.05) is 13.2 Å². The predicted octanol–water partition coefficient (Wildman–Crippen LogP) is 4.79. The first-order chi connectivity index (χ1) is 14.4. The Hall–Kier alpha value is -2.63. The summed E-state index contributed by atoms with van der Waals surface area (Å²) >= 11 is 6.08. The maximum atomic E-state index is 13.6. The molecular weight excluding hydrogens is 402 g/mol. The predicted molar refractivity (Wildman–Crippen MR) is 115 cm³/mol. The van der Waals surface area contributed by atoms with Crippen LogP contribution >= 0.6 is 11.6 Å². The van der Waals surface area contributed by atoms with Crippen LogP contribution in [0.3, 0.4) is 0 Å². The number of benzene rings is 2. The molecule has 1 saturated heterocycles. The Labute approximate surface area is 179 Å². The van der Waals surface area contributed by atoms with Crippen LogP contribution in [0, 0.1) is 13.8 Å². The first-order valence-corrected chi connectivity index (χ1v) is 10.6. The second kappa shape index (κ2) is 7.25. The van der Waals surface area contributed by atoms with Crippen LogP contribution in [0.15, 0.2) is 45.6 Å². The van der Waals surface area contributed by atoms with Crippen LogP contribution < -0.4 is 5.43 Å². The summed E-state index contributed by atoms with van der Waals surface area (Å²) in [6.07, 6.45) is 1.84. The molecule has 30 heavy (non-hydrogen) atoms. The van der Waals surface area contributed by atoms with Gasteiger partial charge in [0.05, 0.1) is 23.1 Å². The minimum atomic E-state index is -0.517. The monoisotopic (exact) mass is 423 g/mol. The van der Waals surface area contributed by atoms with Gasteiger partial charge in [0.25, 0.3) is 5.91 Å². The van der Waals surface area contributed by atoms with E-state index in [1.807, 2.05) is 38.1 Å². The molecule has 0 bridgehead atoms. The van der Waals surface area contributed by atoms with Gasteiger partial charge in [0.15, 0.2) is 5.43 Å². The zero-order chi connectivity index (χ0) is 21.0. The molecule has 2 aromatic carbocycles. The van der Waals surface area contributed by atoms with Crippen molar-refractivity contribution in [3.05, 3.63) is 79.7 Å². The van der Waals surface area contributed by atoms with E-state index in [-0.39, 0.29) is 23.2 Å². The summed E-state index contributed by atoms with van der Waals surface area (Å²) in [5.41, 5.74) is 3.55. The van der Waals surface area contributed by atoms with E-state index in [9.17, 15) is 9.59 Å². The van der Waals surface area contributed by atoms with E-state index in [2.05, 4.69) is 0 Å². The fraction of sp³-hybridized carbons (Fsp3) is 0.333. The molecule has 0 spiro atoms. The zero-order valence-corrected chi connectivity index (χ0v) is 17.7. The Morgan fingerprint density at radius 3 is 2.53 bits per heavy atom. The minimum absolute atomic E-state index is 0.0351. The highest BCUT2D eigenvalue weighted by atomic mass is 35.5. The fourth-order valence-electron chi connectivity index (χ4n) is 4.46. The summed E-state index contributed by atoms with van der Waals surface area (Å²) in [7, 11) is 0. The Morgan fingerprint density at radius 1 is 1.10 bits per heavy atom. The molecule has 6 heteroatoms. The quantitative estimate of drug-likeness (QED) is 0.607. The Bertz CT molecular complexity index is 1210. The van der Waals surface area contributed by atoms with E-state index in [1.165, 1.54) is 0 Å². The van der Waals surface area contributed by atoms with Crippen molar-refractivity contribution >= 4 is 28.5 Å². The van der Waals surface area contributed by atoms with Crippen LogP contribution in [-0.4, -0.2) is 30.1 Å². The van der Waals surface area contributed by atoms with Crippen LogP contribution in [0.1, 0.15) is 51.7 Å². The Balaban J connectivity index is 1.72. The molecule has 1 amide bonds. The summed E-state index contributed by atoms with van der Waals surface area (Å²) in [6, 6.07) is 10.4. The lowest BCUT2D eigenvalue weighted by Gasteiger charge is -2.27. The smallest absolute Gasteiger partial charge is 0.291 e. The van der Waals surface area contributed by atoms with E-state index in [0.717, 1.165) is 29.5 Å². The van der Waals surface area contributed by atoms with Crippen molar-refractivity contribution in [1.29, 1.82) is 0 Å². The molecule has 5 nitrogen and oxygen atoms in total. The van der Waals surface area contributed by atoms with Gasteiger partial charge in [-0.1, -0.05) is 23.7 Å². The third-order valence-corrected chi connectivity index (χ3v) is 6.44. The second-order valence-electron chi connectivity index (χ2n) is 8.15. The van der Waals surface area contributed by atoms with Gasteiger partial charge in [0.1, 0.15) is 5.58 Å². The number of fused-ring (bicyclic) bond motifs is 2. The highest BCUT2D eigenvalue weighted by Crippen LogP contribution is 2.39. The number of carbonyl (C=O) groups is 1. The standard InChI is InChI=1S/C24H22ClNO4/c1-13-10-18-19(11-14(13)2)30-23-20(22(18)27)21(15-5-7-16(25)8-6-15)26(24(23)28)12-17-4-3-9-29-17/h5-8,10-11,17,21H,3-4,9,12H2,1-2H3. The molecule has 2 aliphatic heterocycles. The summed E-state index contributed by atoms with van der Waals surface area (Å²) in [6.45, 7) is 5.05. The largest absolute Gasteiger partial charge is 0.450 e. The van der Waals surface area contributed by atoms with Crippen LogP contribution in [0.2, 0.25) is 5.02 Å². The zero-order valence-electron chi connectivity index (χ0n) is 16.9. The van der Waals surface area contributed by atoms with Crippen molar-refractivity contribution in [2.24, 2.45) is 0 Å². The Morgan fingerprint density at radius 2 is 1.83 bits per heavy atom. The number of rotatable bonds is 3. The van der Waals surface area contributed by atoms with Crippen LogP contribution in [-0.2, 0) is 4.74 Å². The molecule has 3 heterocycles. The van der Waals surface area contributed by atoms with Gasteiger partial charge >= 0.3 is 0 Å². The lowest BCUT2D eigenvalue weighted by Crippen LogP contribution is -2.36. The number of ether oxygens (including phenoxy) is 1. The van der Waals surface area contributed by atoms with Crippen molar-refractivity contribution in [1.82, 2.24) is 4.90 Å². The summed E-state index contributed by atoms with van der Waals surface area (Å²) in [5, 5.41) is 1.10. The van der Waals surface area contributed by atoms with Crippen molar-refractivity contribution in [3.63, 3.8) is 0 Å². The summed E-state index contributed by atoms with van der Waals surface area (Å²) < 4.78 is 11.8. The van der Waals surface area contributed by atoms with Crippen LogP contribution in [0.5, 0.6) is 0 Å². The molecule has 0 saturated carbocycles. The van der Waals surface area contributed by atoms with Crippen molar-refractivity contribution in [3.8, 4) is 0 Å². The molecule has 154 valence electrons. The molecule has 3 aromatic rings. The molecule has 1 fully saturated rings. The molecule has 2 aliphatic rings. The van der Waals surface area contributed by atoms with E-state index < -0.39 is 6.04 Å². The maximum absolute atomic E-state index is 13.6. The molecule has 1 aromatic heterocycles. The SMILES string of the molecule is Cc1cc2oc3c(c(=O)c2cc1C)C(c1ccc(Cl)cc1)N(CC1CCCO1)C3=O. The van der Waals surface area contributed by atoms with Crippen molar-refractivity contribution in [2.45, 2.75) is 38.8 Å². The number of carbonyl (C=O) groups excluding carboxylic acids is 1. The third-order valence-electron chi connectivity index (χ3n) is 6.19. The first kappa shape index (κ1) is 19.3. The molecule has 0 radical (unpaired) electrons. The number of hydrogen-bond acceptors (Lipinski definition) is 4. The normalized spacial score (nSPS) is 20.9. The third kappa shape index (κ3) is 3.04. The topological polar surface area (TPSA) is 59.8 Å². The number of halogens is 1. The van der Waals surface area contributed by atoms with E-state index in [0.29, 0.717) is 34.7 Å². The minimum Gasteiger partial charge on any atom is -0.450 e. The molecule has 2 unspecified atom stereocenters. The number of hydrogen-bond donors (Lipinski definition) is 0. The highest BCUT2D eigenvalue weighted by Gasteiger charge is 2.43. The van der Waals surface area contributed by atoms with Gasteiger partial charge in [-0.25, -0.2) is 0 Å². The van der Waals surface area contributed by atoms with E-state index >= 15 is 0 Å². The number of aryl methyl sites for hydroxylation is 2. The second-order valence-corrected chi connectivity index (χ2v) is 8.59. The molecule has 2 atom stereocenters. The first-order valence-electron chi connectivity index (χ1n) is 10.2. The van der Waals surface area contributed by atoms with Gasteiger partial charge in [0, 0.05) is 18.2 Å². The van der Waals surface area contributed by atoms with Gasteiger partial charge < -0.3 is 14.1 Å². The average molecular weight is 424 g/mol. The van der Waals surface area contributed by atoms with Gasteiger partial charge in [-0.15, -0.1) is 0 Å². The van der Waals surface area contributed by atoms with Crippen molar-refractivity contribution < 1.29 is 13.9 Å². The lowest BCUT2D eigenvalue weighted by molar-refractivity contribution is 0.0486. The molecule has 0 N–H and O–H groups in total. The van der Waals surface area contributed by atoms with Crippen LogP contribution in [0.25, 0.3) is 11.0 Å². The number of nitrogens with zero attached hydrogens (tertiary/aromatic N) is 1. The lowest BCUT2D eigenvalue weighted by atomic mass is 9.97. The molecule has 0 aliphatic carbocycles. The van der Waals surface area contributed by atoms with Gasteiger partial charge in [-0.05, 0) is 67.6 Å². The van der Waals surface area contributed by atoms with E-state index in [4.69, 9.17) is 20.8 Å². The van der Waals surface area contributed by atoms with Gasteiger partial charge in [0.2, 0.25) is 5.76 Å².